The molecule has 1 aliphatic rings. The normalized spacial score (nSPS) is 13.5. The molecule has 0 fully saturated rings. The molecule has 5 rings (SSSR count). The molecule has 31 heavy (non-hydrogen) atoms. The molecule has 7 nitrogen and oxygen atoms in total. The Balaban J connectivity index is 1.26. The summed E-state index contributed by atoms with van der Waals surface area (Å²) >= 11 is 0. The highest BCUT2D eigenvalue weighted by atomic mass is 16.5. The number of nitrogens with zero attached hydrogens (tertiary/aromatic N) is 4. The second kappa shape index (κ2) is 8.49. The number of carbonyl (C=O) groups is 1. The Labute approximate surface area is 179 Å². The van der Waals surface area contributed by atoms with Gasteiger partial charge in [-0.3, -0.25) is 14.7 Å². The van der Waals surface area contributed by atoms with Crippen molar-refractivity contribution in [2.24, 2.45) is 0 Å². The Morgan fingerprint density at radius 3 is 2.71 bits per heavy atom. The van der Waals surface area contributed by atoms with Gasteiger partial charge < -0.3 is 9.84 Å². The summed E-state index contributed by atoms with van der Waals surface area (Å²) in [6.07, 6.45) is 4.16. The van der Waals surface area contributed by atoms with Crippen LogP contribution in [-0.4, -0.2) is 32.5 Å². The topological polar surface area (TPSA) is 84.2 Å². The number of benzene rings is 2. The third-order valence-corrected chi connectivity index (χ3v) is 5.36. The van der Waals surface area contributed by atoms with Gasteiger partial charge in [0.05, 0.1) is 6.54 Å². The standard InChI is InChI=1S/C24H21N5O2/c30-24(19-8-11-25-12-9-19)26-21-7-6-17-10-13-29(15-20(17)14-21)16-22-27-23(28-31-22)18-4-2-1-3-5-18/h1-9,11-12,14H,10,13,15-16H2,(H,26,30). The molecule has 4 aromatic rings. The summed E-state index contributed by atoms with van der Waals surface area (Å²) in [6.45, 7) is 2.27. The van der Waals surface area contributed by atoms with E-state index in [1.54, 1.807) is 24.5 Å². The molecule has 1 amide bonds. The SMILES string of the molecule is O=C(Nc1ccc2c(c1)CN(Cc1nc(-c3ccccc3)no1)CC2)c1ccncc1. The number of hydrogen-bond donors (Lipinski definition) is 1. The van der Waals surface area contributed by atoms with Crippen molar-refractivity contribution in [3.8, 4) is 11.4 Å². The lowest BCUT2D eigenvalue weighted by Gasteiger charge is -2.27. The predicted molar refractivity (Wildman–Crippen MR) is 116 cm³/mol. The van der Waals surface area contributed by atoms with Crippen LogP contribution in [0.1, 0.15) is 27.4 Å². The van der Waals surface area contributed by atoms with Gasteiger partial charge in [0, 0.05) is 42.3 Å². The molecule has 0 saturated heterocycles. The average molecular weight is 411 g/mol. The molecule has 7 heteroatoms. The fraction of sp³-hybridized carbons (Fsp3) is 0.167. The van der Waals surface area contributed by atoms with Gasteiger partial charge in [-0.05, 0) is 41.8 Å². The van der Waals surface area contributed by atoms with Crippen LogP contribution in [0.4, 0.5) is 5.69 Å². The van der Waals surface area contributed by atoms with Crippen molar-refractivity contribution in [2.75, 3.05) is 11.9 Å². The molecule has 0 aliphatic carbocycles. The van der Waals surface area contributed by atoms with Crippen LogP contribution in [0.2, 0.25) is 0 Å². The highest BCUT2D eigenvalue weighted by Crippen LogP contribution is 2.24. The van der Waals surface area contributed by atoms with Crippen molar-refractivity contribution >= 4 is 11.6 Å². The van der Waals surface area contributed by atoms with Gasteiger partial charge in [-0.1, -0.05) is 41.6 Å². The molecule has 0 radical (unpaired) electrons. The van der Waals surface area contributed by atoms with E-state index < -0.39 is 0 Å². The van der Waals surface area contributed by atoms with Crippen molar-refractivity contribution in [1.29, 1.82) is 0 Å². The molecule has 2 aromatic carbocycles. The summed E-state index contributed by atoms with van der Waals surface area (Å²) in [6, 6.07) is 19.3. The van der Waals surface area contributed by atoms with E-state index in [1.807, 2.05) is 42.5 Å². The molecular formula is C24H21N5O2. The number of amides is 1. The van der Waals surface area contributed by atoms with E-state index in [2.05, 4.69) is 31.4 Å². The summed E-state index contributed by atoms with van der Waals surface area (Å²) in [4.78, 5) is 23.2. The molecule has 0 spiro atoms. The predicted octanol–water partition coefficient (Wildman–Crippen LogP) is 3.94. The van der Waals surface area contributed by atoms with Crippen molar-refractivity contribution in [3.05, 3.63) is 95.6 Å². The van der Waals surface area contributed by atoms with Crippen LogP contribution in [0.3, 0.4) is 0 Å². The van der Waals surface area contributed by atoms with E-state index >= 15 is 0 Å². The van der Waals surface area contributed by atoms with Gasteiger partial charge in [-0.2, -0.15) is 4.98 Å². The Morgan fingerprint density at radius 2 is 1.87 bits per heavy atom. The molecule has 0 unspecified atom stereocenters. The summed E-state index contributed by atoms with van der Waals surface area (Å²) in [5.41, 5.74) is 4.80. The second-order valence-electron chi connectivity index (χ2n) is 7.51. The summed E-state index contributed by atoms with van der Waals surface area (Å²) in [7, 11) is 0. The van der Waals surface area contributed by atoms with Crippen LogP contribution in [-0.2, 0) is 19.5 Å². The van der Waals surface area contributed by atoms with Crippen molar-refractivity contribution in [1.82, 2.24) is 20.0 Å². The Hall–Kier alpha value is -3.84. The lowest BCUT2D eigenvalue weighted by molar-refractivity contribution is 0.102. The van der Waals surface area contributed by atoms with Gasteiger partial charge in [0.15, 0.2) is 0 Å². The van der Waals surface area contributed by atoms with Crippen molar-refractivity contribution in [2.45, 2.75) is 19.5 Å². The second-order valence-corrected chi connectivity index (χ2v) is 7.51. The maximum Gasteiger partial charge on any atom is 0.255 e. The molecule has 0 atom stereocenters. The Kier molecular flexibility index (Phi) is 5.24. The number of fused-ring (bicyclic) bond motifs is 1. The van der Waals surface area contributed by atoms with Crippen molar-refractivity contribution < 1.29 is 9.32 Å². The lowest BCUT2D eigenvalue weighted by Crippen LogP contribution is -2.30. The molecule has 1 aliphatic heterocycles. The third kappa shape index (κ3) is 4.36. The van der Waals surface area contributed by atoms with E-state index in [4.69, 9.17) is 4.52 Å². The van der Waals surface area contributed by atoms with Crippen LogP contribution in [0.15, 0.2) is 77.6 Å². The number of carbonyl (C=O) groups excluding carboxylic acids is 1. The first-order valence-corrected chi connectivity index (χ1v) is 10.2. The van der Waals surface area contributed by atoms with E-state index in [0.29, 0.717) is 23.8 Å². The minimum Gasteiger partial charge on any atom is -0.338 e. The van der Waals surface area contributed by atoms with Crippen LogP contribution in [0, 0.1) is 0 Å². The number of hydrogen-bond acceptors (Lipinski definition) is 6. The summed E-state index contributed by atoms with van der Waals surface area (Å²) < 4.78 is 5.47. The first kappa shape index (κ1) is 19.1. The zero-order chi connectivity index (χ0) is 21.0. The molecule has 3 heterocycles. The zero-order valence-electron chi connectivity index (χ0n) is 16.9. The monoisotopic (exact) mass is 411 g/mol. The highest BCUT2D eigenvalue weighted by Gasteiger charge is 2.20. The van der Waals surface area contributed by atoms with Crippen LogP contribution in [0.5, 0.6) is 0 Å². The van der Waals surface area contributed by atoms with Gasteiger partial charge in [-0.25, -0.2) is 0 Å². The third-order valence-electron chi connectivity index (χ3n) is 5.36. The van der Waals surface area contributed by atoms with Gasteiger partial charge in [0.1, 0.15) is 0 Å². The first-order valence-electron chi connectivity index (χ1n) is 10.2. The van der Waals surface area contributed by atoms with E-state index in [1.165, 1.54) is 11.1 Å². The minimum absolute atomic E-state index is 0.144. The fourth-order valence-corrected chi connectivity index (χ4v) is 3.75. The van der Waals surface area contributed by atoms with Gasteiger partial charge >= 0.3 is 0 Å². The molecule has 0 bridgehead atoms. The number of anilines is 1. The highest BCUT2D eigenvalue weighted by molar-refractivity contribution is 6.04. The quantitative estimate of drug-likeness (QED) is 0.535. The Bertz CT molecular complexity index is 1190. The maximum atomic E-state index is 12.4. The van der Waals surface area contributed by atoms with Crippen molar-refractivity contribution in [3.63, 3.8) is 0 Å². The number of rotatable bonds is 5. The first-order chi connectivity index (χ1) is 15.2. The van der Waals surface area contributed by atoms with E-state index in [-0.39, 0.29) is 5.91 Å². The molecule has 1 N–H and O–H groups in total. The smallest absolute Gasteiger partial charge is 0.255 e. The van der Waals surface area contributed by atoms with Gasteiger partial charge in [0.2, 0.25) is 11.7 Å². The number of aromatic nitrogens is 3. The van der Waals surface area contributed by atoms with Crippen LogP contribution < -0.4 is 5.32 Å². The average Bonchev–Trinajstić information content (AvgIpc) is 3.28. The minimum atomic E-state index is -0.144. The van der Waals surface area contributed by atoms with Gasteiger partial charge in [-0.15, -0.1) is 0 Å². The fourth-order valence-electron chi connectivity index (χ4n) is 3.75. The zero-order valence-corrected chi connectivity index (χ0v) is 16.9. The van der Waals surface area contributed by atoms with Gasteiger partial charge in [0.25, 0.3) is 5.91 Å². The van der Waals surface area contributed by atoms with Crippen LogP contribution in [0.25, 0.3) is 11.4 Å². The summed E-state index contributed by atoms with van der Waals surface area (Å²) in [5, 5.41) is 7.08. The molecule has 154 valence electrons. The largest absolute Gasteiger partial charge is 0.338 e. The van der Waals surface area contributed by atoms with E-state index in [9.17, 15) is 4.79 Å². The van der Waals surface area contributed by atoms with Crippen LogP contribution >= 0.6 is 0 Å². The molecule has 2 aromatic heterocycles. The molecule has 0 saturated carbocycles. The maximum absolute atomic E-state index is 12.4. The number of pyridine rings is 1. The lowest BCUT2D eigenvalue weighted by atomic mass is 9.99. The summed E-state index contributed by atoms with van der Waals surface area (Å²) in [5.74, 6) is 1.06. The Morgan fingerprint density at radius 1 is 1.03 bits per heavy atom. The number of nitrogens with one attached hydrogen (secondary N) is 1. The molecular weight excluding hydrogens is 390 g/mol. The van der Waals surface area contributed by atoms with E-state index in [0.717, 1.165) is 30.8 Å².